The third kappa shape index (κ3) is 2.90. The highest BCUT2D eigenvalue weighted by Crippen LogP contribution is 2.18. The molecule has 0 spiro atoms. The second kappa shape index (κ2) is 5.38. The van der Waals surface area contributed by atoms with Crippen molar-refractivity contribution in [3.05, 3.63) is 11.5 Å². The van der Waals surface area contributed by atoms with Crippen LogP contribution in [0.25, 0.3) is 0 Å². The van der Waals surface area contributed by atoms with Crippen molar-refractivity contribution in [2.24, 2.45) is 0 Å². The van der Waals surface area contributed by atoms with Crippen molar-refractivity contribution in [3.63, 3.8) is 0 Å². The van der Waals surface area contributed by atoms with Gasteiger partial charge in [0.25, 0.3) is 0 Å². The van der Waals surface area contributed by atoms with Gasteiger partial charge in [-0.2, -0.15) is 0 Å². The Bertz CT molecular complexity index is 484. The molecule has 0 bridgehead atoms. The van der Waals surface area contributed by atoms with E-state index in [1.165, 1.54) is 6.42 Å². The van der Waals surface area contributed by atoms with Crippen LogP contribution in [0.2, 0.25) is 0 Å². The summed E-state index contributed by atoms with van der Waals surface area (Å²) in [5.74, 6) is 0.332. The first-order chi connectivity index (χ1) is 8.50. The van der Waals surface area contributed by atoms with E-state index in [-0.39, 0.29) is 4.90 Å². The summed E-state index contributed by atoms with van der Waals surface area (Å²) in [7, 11) is -3.50. The molecule has 102 valence electrons. The fourth-order valence-electron chi connectivity index (χ4n) is 2.30. The van der Waals surface area contributed by atoms with E-state index in [1.54, 1.807) is 13.8 Å². The minimum absolute atomic E-state index is 0.168. The van der Waals surface area contributed by atoms with Gasteiger partial charge in [0, 0.05) is 12.6 Å². The van der Waals surface area contributed by atoms with Crippen LogP contribution in [-0.2, 0) is 10.0 Å². The van der Waals surface area contributed by atoms with Gasteiger partial charge in [-0.15, -0.1) is 0 Å². The smallest absolute Gasteiger partial charge is 0.245 e. The molecule has 1 aliphatic heterocycles. The number of sulfonamides is 1. The molecule has 0 aliphatic carbocycles. The number of hydrogen-bond donors (Lipinski definition) is 2. The molecule has 2 rings (SSSR count). The lowest BCUT2D eigenvalue weighted by molar-refractivity contribution is 0.390. The summed E-state index contributed by atoms with van der Waals surface area (Å²) >= 11 is 0. The Balaban J connectivity index is 1.95. The van der Waals surface area contributed by atoms with E-state index < -0.39 is 10.0 Å². The van der Waals surface area contributed by atoms with Gasteiger partial charge in [-0.25, -0.2) is 13.1 Å². The molecule has 1 aromatic rings. The van der Waals surface area contributed by atoms with Crippen LogP contribution in [0.3, 0.4) is 0 Å². The second-order valence-electron chi connectivity index (χ2n) is 4.63. The molecule has 1 aromatic heterocycles. The van der Waals surface area contributed by atoms with Gasteiger partial charge < -0.3 is 9.84 Å². The van der Waals surface area contributed by atoms with Crippen LogP contribution in [0, 0.1) is 13.8 Å². The molecule has 1 aliphatic rings. The van der Waals surface area contributed by atoms with Crippen molar-refractivity contribution in [2.75, 3.05) is 13.1 Å². The van der Waals surface area contributed by atoms with Crippen LogP contribution in [0.1, 0.15) is 30.7 Å². The Labute approximate surface area is 107 Å². The summed E-state index contributed by atoms with van der Waals surface area (Å²) in [5.41, 5.74) is 0.402. The largest absolute Gasteiger partial charge is 0.360 e. The molecule has 6 nitrogen and oxygen atoms in total. The molecule has 0 aromatic carbocycles. The van der Waals surface area contributed by atoms with Gasteiger partial charge in [0.1, 0.15) is 10.6 Å². The van der Waals surface area contributed by atoms with Gasteiger partial charge in [0.05, 0.1) is 0 Å². The molecule has 18 heavy (non-hydrogen) atoms. The normalized spacial score (nSPS) is 20.4. The van der Waals surface area contributed by atoms with E-state index in [1.807, 2.05) is 0 Å². The van der Waals surface area contributed by atoms with Crippen molar-refractivity contribution >= 4 is 10.0 Å². The highest BCUT2D eigenvalue weighted by atomic mass is 32.2. The average Bonchev–Trinajstić information content (AvgIpc) is 2.89. The van der Waals surface area contributed by atoms with E-state index in [2.05, 4.69) is 15.2 Å². The van der Waals surface area contributed by atoms with Crippen LogP contribution in [0.5, 0.6) is 0 Å². The second-order valence-corrected chi connectivity index (χ2v) is 6.34. The molecule has 1 fully saturated rings. The van der Waals surface area contributed by atoms with Gasteiger partial charge in [-0.3, -0.25) is 0 Å². The van der Waals surface area contributed by atoms with Crippen molar-refractivity contribution in [1.29, 1.82) is 0 Å². The van der Waals surface area contributed by atoms with Gasteiger partial charge >= 0.3 is 0 Å². The molecule has 1 unspecified atom stereocenters. The third-order valence-corrected chi connectivity index (χ3v) is 4.89. The van der Waals surface area contributed by atoms with Crippen molar-refractivity contribution < 1.29 is 12.9 Å². The molecule has 2 N–H and O–H groups in total. The highest BCUT2D eigenvalue weighted by Gasteiger charge is 2.24. The van der Waals surface area contributed by atoms with Gasteiger partial charge in [0.15, 0.2) is 5.76 Å². The SMILES string of the molecule is Cc1noc(C)c1S(=O)(=O)NCCC1CCCN1. The molecule has 1 atom stereocenters. The zero-order chi connectivity index (χ0) is 13.2. The highest BCUT2D eigenvalue weighted by molar-refractivity contribution is 7.89. The monoisotopic (exact) mass is 273 g/mol. The lowest BCUT2D eigenvalue weighted by Gasteiger charge is -2.10. The van der Waals surface area contributed by atoms with Gasteiger partial charge in [-0.1, -0.05) is 5.16 Å². The maximum absolute atomic E-state index is 12.1. The Hall–Kier alpha value is -0.920. The van der Waals surface area contributed by atoms with Gasteiger partial charge in [-0.05, 0) is 39.7 Å². The molecular formula is C11H19N3O3S. The Morgan fingerprint density at radius 2 is 2.28 bits per heavy atom. The minimum Gasteiger partial charge on any atom is -0.360 e. The lowest BCUT2D eigenvalue weighted by atomic mass is 10.2. The van der Waals surface area contributed by atoms with Crippen molar-refractivity contribution in [2.45, 2.75) is 44.0 Å². The van der Waals surface area contributed by atoms with Gasteiger partial charge in [0.2, 0.25) is 10.0 Å². The summed E-state index contributed by atoms with van der Waals surface area (Å²) in [6.07, 6.45) is 3.09. The van der Waals surface area contributed by atoms with Crippen LogP contribution < -0.4 is 10.0 Å². The number of nitrogens with one attached hydrogen (secondary N) is 2. The van der Waals surface area contributed by atoms with E-state index >= 15 is 0 Å². The molecule has 0 radical (unpaired) electrons. The summed E-state index contributed by atoms with van der Waals surface area (Å²) in [5, 5.41) is 7.00. The lowest BCUT2D eigenvalue weighted by Crippen LogP contribution is -2.31. The fraction of sp³-hybridized carbons (Fsp3) is 0.727. The Morgan fingerprint density at radius 1 is 1.50 bits per heavy atom. The summed E-state index contributed by atoms with van der Waals surface area (Å²) < 4.78 is 31.6. The first kappa shape index (κ1) is 13.5. The number of hydrogen-bond acceptors (Lipinski definition) is 5. The van der Waals surface area contributed by atoms with Crippen LogP contribution in [0.15, 0.2) is 9.42 Å². The zero-order valence-corrected chi connectivity index (χ0v) is 11.5. The van der Waals surface area contributed by atoms with E-state index in [4.69, 9.17) is 4.52 Å². The molecule has 1 saturated heterocycles. The molecule has 2 heterocycles. The number of aromatic nitrogens is 1. The van der Waals surface area contributed by atoms with E-state index in [0.717, 1.165) is 19.4 Å². The van der Waals surface area contributed by atoms with Crippen molar-refractivity contribution in [1.82, 2.24) is 15.2 Å². The predicted octanol–water partition coefficient (Wildman–Crippen LogP) is 0.712. The molecule has 0 saturated carbocycles. The Kier molecular flexibility index (Phi) is 4.04. The number of rotatable bonds is 5. The number of nitrogens with zero attached hydrogens (tertiary/aromatic N) is 1. The molecule has 7 heteroatoms. The van der Waals surface area contributed by atoms with Crippen LogP contribution in [0.4, 0.5) is 0 Å². The third-order valence-electron chi connectivity index (χ3n) is 3.18. The summed E-state index contributed by atoms with van der Waals surface area (Å²) in [6, 6.07) is 0.428. The average molecular weight is 273 g/mol. The maximum Gasteiger partial charge on any atom is 0.245 e. The standard InChI is InChI=1S/C11H19N3O3S/c1-8-11(9(2)17-14-8)18(15,16)13-7-5-10-4-3-6-12-10/h10,12-13H,3-7H2,1-2H3. The van der Waals surface area contributed by atoms with E-state index in [0.29, 0.717) is 24.0 Å². The molecule has 0 amide bonds. The quantitative estimate of drug-likeness (QED) is 0.825. The Morgan fingerprint density at radius 3 is 2.83 bits per heavy atom. The zero-order valence-electron chi connectivity index (χ0n) is 10.7. The minimum atomic E-state index is -3.50. The van der Waals surface area contributed by atoms with Crippen LogP contribution >= 0.6 is 0 Å². The summed E-state index contributed by atoms with van der Waals surface area (Å²) in [4.78, 5) is 0.168. The fourth-order valence-corrected chi connectivity index (χ4v) is 3.67. The summed E-state index contributed by atoms with van der Waals surface area (Å²) in [6.45, 7) is 4.70. The van der Waals surface area contributed by atoms with Crippen molar-refractivity contribution in [3.8, 4) is 0 Å². The molecular weight excluding hydrogens is 254 g/mol. The maximum atomic E-state index is 12.1. The topological polar surface area (TPSA) is 84.2 Å². The van der Waals surface area contributed by atoms with E-state index in [9.17, 15) is 8.42 Å². The first-order valence-electron chi connectivity index (χ1n) is 6.16. The predicted molar refractivity (Wildman–Crippen MR) is 66.8 cm³/mol. The van der Waals surface area contributed by atoms with Crippen LogP contribution in [-0.4, -0.2) is 32.7 Å². The number of aryl methyl sites for hydroxylation is 2. The first-order valence-corrected chi connectivity index (χ1v) is 7.65.